The van der Waals surface area contributed by atoms with E-state index in [-0.39, 0.29) is 11.3 Å². The fourth-order valence-electron chi connectivity index (χ4n) is 2.77. The maximum absolute atomic E-state index is 12.9. The highest BCUT2D eigenvalue weighted by Gasteiger charge is 2.33. The highest BCUT2D eigenvalue weighted by molar-refractivity contribution is 8.27. The van der Waals surface area contributed by atoms with Gasteiger partial charge in [0.25, 0.3) is 5.91 Å². The average molecular weight is 412 g/mol. The number of anilines is 1. The number of para-hydroxylation sites is 1. The monoisotopic (exact) mass is 411 g/mol. The molecule has 0 spiro atoms. The Bertz CT molecular complexity index is 1170. The molecule has 0 N–H and O–H groups in total. The Morgan fingerprint density at radius 3 is 2.78 bits per heavy atom. The molecule has 0 atom stereocenters. The Morgan fingerprint density at radius 1 is 1.15 bits per heavy atom. The van der Waals surface area contributed by atoms with Crippen LogP contribution < -0.4 is 10.3 Å². The van der Waals surface area contributed by atoms with Crippen LogP contribution in [0.15, 0.2) is 73.8 Å². The lowest BCUT2D eigenvalue weighted by Gasteiger charge is -2.15. The highest BCUT2D eigenvalue weighted by atomic mass is 32.2. The average Bonchev–Trinajstić information content (AvgIpc) is 2.97. The van der Waals surface area contributed by atoms with Crippen LogP contribution in [0.25, 0.3) is 17.0 Å². The van der Waals surface area contributed by atoms with Crippen LogP contribution in [-0.4, -0.2) is 16.5 Å². The maximum Gasteiger partial charge on any atom is 0.270 e. The van der Waals surface area contributed by atoms with E-state index in [2.05, 4.69) is 0 Å². The van der Waals surface area contributed by atoms with Crippen molar-refractivity contribution in [3.63, 3.8) is 0 Å². The first-order valence-corrected chi connectivity index (χ1v) is 10.5. The summed E-state index contributed by atoms with van der Waals surface area (Å²) in [6, 6.07) is 14.7. The summed E-state index contributed by atoms with van der Waals surface area (Å²) < 4.78 is 5.96. The Kier molecular flexibility index (Phi) is 4.90. The molecule has 2 heterocycles. The minimum absolute atomic E-state index is 0.175. The smallest absolute Gasteiger partial charge is 0.270 e. The van der Waals surface area contributed by atoms with E-state index in [0.29, 0.717) is 25.8 Å². The third kappa shape index (κ3) is 3.34. The molecule has 1 fully saturated rings. The molecule has 0 saturated carbocycles. The van der Waals surface area contributed by atoms with E-state index in [1.165, 1.54) is 22.9 Å². The van der Waals surface area contributed by atoms with Crippen molar-refractivity contribution in [1.82, 2.24) is 0 Å². The van der Waals surface area contributed by atoms with Gasteiger partial charge in [0.15, 0.2) is 9.75 Å². The van der Waals surface area contributed by atoms with Crippen LogP contribution in [0.3, 0.4) is 0 Å². The van der Waals surface area contributed by atoms with Gasteiger partial charge in [-0.2, -0.15) is 0 Å². The first kappa shape index (κ1) is 18.0. The Hall–Kier alpha value is -2.35. The zero-order valence-electron chi connectivity index (χ0n) is 14.2. The second kappa shape index (κ2) is 7.34. The number of fused-ring (bicyclic) bond motifs is 1. The number of benzene rings is 2. The molecule has 0 radical (unpaired) electrons. The van der Waals surface area contributed by atoms with Gasteiger partial charge in [-0.1, -0.05) is 42.2 Å². The maximum atomic E-state index is 12.9. The predicted molar refractivity (Wildman–Crippen MR) is 116 cm³/mol. The van der Waals surface area contributed by atoms with Crippen molar-refractivity contribution < 1.29 is 9.21 Å². The molecule has 27 heavy (non-hydrogen) atoms. The standard InChI is InChI=1S/C20H13NO3S3/c1-26-14-6-4-5-13(10-14)21-19(23)17(27-20(21)25)9-12-11-24-16-8-3-2-7-15(16)18(12)22/h2-11H,1H3/b17-9-. The third-order valence-electron chi connectivity index (χ3n) is 4.10. The summed E-state index contributed by atoms with van der Waals surface area (Å²) in [5.41, 5.74) is 1.39. The fraction of sp³-hybridized carbons (Fsp3) is 0.0500. The number of rotatable bonds is 3. The minimum Gasteiger partial charge on any atom is -0.463 e. The summed E-state index contributed by atoms with van der Waals surface area (Å²) >= 11 is 8.18. The van der Waals surface area contributed by atoms with E-state index in [4.69, 9.17) is 16.6 Å². The number of thioether (sulfide) groups is 2. The number of amides is 1. The zero-order valence-corrected chi connectivity index (χ0v) is 16.6. The lowest BCUT2D eigenvalue weighted by molar-refractivity contribution is -0.113. The minimum atomic E-state index is -0.240. The van der Waals surface area contributed by atoms with Crippen molar-refractivity contribution in [1.29, 1.82) is 0 Å². The van der Waals surface area contributed by atoms with Gasteiger partial charge in [0.2, 0.25) is 0 Å². The van der Waals surface area contributed by atoms with Crippen molar-refractivity contribution in [2.24, 2.45) is 0 Å². The largest absolute Gasteiger partial charge is 0.463 e. The number of hydrogen-bond acceptors (Lipinski definition) is 6. The molecule has 2 aromatic carbocycles. The highest BCUT2D eigenvalue weighted by Crippen LogP contribution is 2.36. The number of hydrogen-bond donors (Lipinski definition) is 0. The van der Waals surface area contributed by atoms with E-state index >= 15 is 0 Å². The molecule has 1 aliphatic rings. The van der Waals surface area contributed by atoms with Crippen LogP contribution in [0.5, 0.6) is 0 Å². The van der Waals surface area contributed by atoms with Crippen molar-refractivity contribution in [2.75, 3.05) is 11.2 Å². The van der Waals surface area contributed by atoms with Gasteiger partial charge in [0, 0.05) is 4.90 Å². The molecular formula is C20H13NO3S3. The van der Waals surface area contributed by atoms with Gasteiger partial charge in [-0.3, -0.25) is 14.5 Å². The fourth-order valence-corrected chi connectivity index (χ4v) is 4.52. The lowest BCUT2D eigenvalue weighted by atomic mass is 10.1. The molecule has 1 amide bonds. The van der Waals surface area contributed by atoms with E-state index in [9.17, 15) is 9.59 Å². The topological polar surface area (TPSA) is 50.5 Å². The van der Waals surface area contributed by atoms with Crippen molar-refractivity contribution in [3.05, 3.63) is 75.5 Å². The molecule has 0 bridgehead atoms. The Labute approximate surface area is 169 Å². The van der Waals surface area contributed by atoms with Gasteiger partial charge in [-0.15, -0.1) is 11.8 Å². The van der Waals surface area contributed by atoms with Gasteiger partial charge < -0.3 is 4.42 Å². The summed E-state index contributed by atoms with van der Waals surface area (Å²) in [6.45, 7) is 0. The SMILES string of the molecule is CSc1cccc(N2C(=O)/C(=C/c3coc4ccccc4c3=O)SC2=S)c1. The Balaban J connectivity index is 1.73. The second-order valence-corrected chi connectivity index (χ2v) is 8.29. The first-order valence-electron chi connectivity index (χ1n) is 8.01. The second-order valence-electron chi connectivity index (χ2n) is 5.73. The molecule has 0 aliphatic carbocycles. The predicted octanol–water partition coefficient (Wildman–Crippen LogP) is 4.92. The van der Waals surface area contributed by atoms with Crippen molar-refractivity contribution >= 4 is 68.7 Å². The van der Waals surface area contributed by atoms with E-state index < -0.39 is 0 Å². The molecule has 4 nitrogen and oxygen atoms in total. The van der Waals surface area contributed by atoms with Gasteiger partial charge in [-0.05, 0) is 42.7 Å². The van der Waals surface area contributed by atoms with Crippen molar-refractivity contribution in [2.45, 2.75) is 4.90 Å². The molecule has 1 aliphatic heterocycles. The van der Waals surface area contributed by atoms with Crippen molar-refractivity contribution in [3.8, 4) is 0 Å². The van der Waals surface area contributed by atoms with Crippen LogP contribution in [0.2, 0.25) is 0 Å². The quantitative estimate of drug-likeness (QED) is 0.346. The van der Waals surface area contributed by atoms with E-state index in [1.54, 1.807) is 42.1 Å². The van der Waals surface area contributed by atoms with Gasteiger partial charge in [-0.25, -0.2) is 0 Å². The Morgan fingerprint density at radius 2 is 1.96 bits per heavy atom. The summed E-state index contributed by atoms with van der Waals surface area (Å²) in [5, 5.41) is 0.481. The van der Waals surface area contributed by atoms with Gasteiger partial charge in [0.05, 0.1) is 21.5 Å². The van der Waals surface area contributed by atoms with Crippen LogP contribution in [-0.2, 0) is 4.79 Å². The number of thiocarbonyl (C=S) groups is 1. The number of carbonyl (C=O) groups is 1. The molecule has 3 aromatic rings. The summed E-state index contributed by atoms with van der Waals surface area (Å²) in [6.07, 6.45) is 4.91. The first-order chi connectivity index (χ1) is 13.1. The van der Waals surface area contributed by atoms with Gasteiger partial charge >= 0.3 is 0 Å². The molecule has 1 aromatic heterocycles. The van der Waals surface area contributed by atoms with E-state index in [1.807, 2.05) is 30.5 Å². The molecule has 0 unspecified atom stereocenters. The normalized spacial score (nSPS) is 15.9. The number of carbonyl (C=O) groups excluding carboxylic acids is 1. The molecule has 7 heteroatoms. The zero-order chi connectivity index (χ0) is 19.0. The summed E-state index contributed by atoms with van der Waals surface area (Å²) in [4.78, 5) is 28.5. The lowest BCUT2D eigenvalue weighted by Crippen LogP contribution is -2.27. The van der Waals surface area contributed by atoms with Crippen LogP contribution in [0.1, 0.15) is 5.56 Å². The van der Waals surface area contributed by atoms with E-state index in [0.717, 1.165) is 10.6 Å². The van der Waals surface area contributed by atoms with Crippen LogP contribution >= 0.6 is 35.7 Å². The summed E-state index contributed by atoms with van der Waals surface area (Å²) in [7, 11) is 0. The van der Waals surface area contributed by atoms with Gasteiger partial charge in [0.1, 0.15) is 11.8 Å². The number of nitrogens with zero attached hydrogens (tertiary/aromatic N) is 1. The van der Waals surface area contributed by atoms with Crippen LogP contribution in [0, 0.1) is 0 Å². The molecule has 4 rings (SSSR count). The third-order valence-corrected chi connectivity index (χ3v) is 6.13. The molecular weight excluding hydrogens is 398 g/mol. The summed E-state index contributed by atoms with van der Waals surface area (Å²) in [5.74, 6) is -0.240. The molecule has 134 valence electrons. The molecule has 1 saturated heterocycles. The van der Waals surface area contributed by atoms with Crippen LogP contribution in [0.4, 0.5) is 5.69 Å².